The fourth-order valence-corrected chi connectivity index (χ4v) is 4.03. The molecular weight excluding hydrogens is 364 g/mol. The van der Waals surface area contributed by atoms with E-state index >= 15 is 0 Å². The lowest BCUT2D eigenvalue weighted by molar-refractivity contribution is -0.116. The summed E-state index contributed by atoms with van der Waals surface area (Å²) in [7, 11) is 0. The van der Waals surface area contributed by atoms with Gasteiger partial charge in [0.1, 0.15) is 24.7 Å². The van der Waals surface area contributed by atoms with Gasteiger partial charge in [0.15, 0.2) is 5.78 Å². The molecule has 2 heterocycles. The molecule has 2 aliphatic rings. The van der Waals surface area contributed by atoms with Gasteiger partial charge in [-0.3, -0.25) is 4.79 Å². The number of Topliss-reactive ketones (excluding diaryl/α,β-unsaturated/α-hetero) is 1. The Labute approximate surface area is 169 Å². The molecule has 6 heteroatoms. The lowest BCUT2D eigenvalue weighted by atomic mass is 9.85. The molecule has 0 bridgehead atoms. The lowest BCUT2D eigenvalue weighted by Crippen LogP contribution is -2.31. The van der Waals surface area contributed by atoms with Crippen LogP contribution in [-0.4, -0.2) is 20.5 Å². The van der Waals surface area contributed by atoms with E-state index in [4.69, 9.17) is 4.74 Å². The van der Waals surface area contributed by atoms with Gasteiger partial charge in [0, 0.05) is 17.7 Å². The number of nitrogens with one attached hydrogen (secondary N) is 1. The maximum absolute atomic E-state index is 12.8. The molecule has 3 aromatic rings. The summed E-state index contributed by atoms with van der Waals surface area (Å²) in [6.07, 6.45) is 3.82. The number of carbonyl (C=O) groups excluding carboxylic acids is 1. The number of ketones is 1. The van der Waals surface area contributed by atoms with Crippen molar-refractivity contribution in [2.75, 3.05) is 5.32 Å². The number of aryl methyl sites for hydroxylation is 1. The predicted octanol–water partition coefficient (Wildman–Crippen LogP) is 4.19. The average molecular weight is 386 g/mol. The minimum Gasteiger partial charge on any atom is -0.489 e. The van der Waals surface area contributed by atoms with Gasteiger partial charge < -0.3 is 10.1 Å². The number of nitrogens with zero attached hydrogens (tertiary/aromatic N) is 3. The van der Waals surface area contributed by atoms with Crippen LogP contribution in [0.1, 0.15) is 42.0 Å². The molecule has 1 atom stereocenters. The minimum atomic E-state index is -0.278. The highest BCUT2D eigenvalue weighted by Gasteiger charge is 2.36. The van der Waals surface area contributed by atoms with Gasteiger partial charge in [-0.25, -0.2) is 4.68 Å². The van der Waals surface area contributed by atoms with Crippen molar-refractivity contribution in [3.05, 3.63) is 82.8 Å². The monoisotopic (exact) mass is 386 g/mol. The maximum atomic E-state index is 12.8. The summed E-state index contributed by atoms with van der Waals surface area (Å²) in [6, 6.07) is 16.0. The molecule has 0 fully saturated rings. The third-order valence-corrected chi connectivity index (χ3v) is 5.51. The number of hydrogen-bond acceptors (Lipinski definition) is 5. The van der Waals surface area contributed by atoms with Crippen LogP contribution in [0.2, 0.25) is 0 Å². The number of carbonyl (C=O) groups is 1. The maximum Gasteiger partial charge on any atom is 0.226 e. The van der Waals surface area contributed by atoms with E-state index in [0.29, 0.717) is 19.0 Å². The normalized spacial score (nSPS) is 18.1. The van der Waals surface area contributed by atoms with Crippen molar-refractivity contribution >= 4 is 11.7 Å². The van der Waals surface area contributed by atoms with Crippen LogP contribution in [0.3, 0.4) is 0 Å². The molecular formula is C23H22N4O2. The van der Waals surface area contributed by atoms with E-state index in [9.17, 15) is 4.79 Å². The summed E-state index contributed by atoms with van der Waals surface area (Å²) in [6.45, 7) is 2.57. The number of anilines is 1. The topological polar surface area (TPSA) is 69.0 Å². The van der Waals surface area contributed by atoms with Gasteiger partial charge in [0.2, 0.25) is 5.95 Å². The van der Waals surface area contributed by atoms with Gasteiger partial charge >= 0.3 is 0 Å². The Morgan fingerprint density at radius 1 is 1.17 bits per heavy atom. The summed E-state index contributed by atoms with van der Waals surface area (Å²) < 4.78 is 7.83. The predicted molar refractivity (Wildman–Crippen MR) is 110 cm³/mol. The van der Waals surface area contributed by atoms with Gasteiger partial charge in [-0.2, -0.15) is 10.1 Å². The van der Waals surface area contributed by atoms with E-state index in [-0.39, 0.29) is 11.8 Å². The Morgan fingerprint density at radius 3 is 2.90 bits per heavy atom. The highest BCUT2D eigenvalue weighted by molar-refractivity contribution is 5.99. The van der Waals surface area contributed by atoms with Gasteiger partial charge in [0.05, 0.1) is 0 Å². The van der Waals surface area contributed by atoms with Crippen molar-refractivity contribution in [1.82, 2.24) is 14.8 Å². The fraction of sp³-hybridized carbons (Fsp3) is 0.261. The molecule has 0 spiro atoms. The summed E-state index contributed by atoms with van der Waals surface area (Å²) in [5.74, 6) is 1.62. The first kappa shape index (κ1) is 17.7. The molecule has 1 unspecified atom stereocenters. The molecule has 1 aromatic heterocycles. The van der Waals surface area contributed by atoms with E-state index in [1.54, 1.807) is 4.68 Å². The third-order valence-electron chi connectivity index (χ3n) is 5.51. The zero-order valence-corrected chi connectivity index (χ0v) is 16.3. The number of hydrogen-bond donors (Lipinski definition) is 1. The number of ether oxygens (including phenoxy) is 1. The van der Waals surface area contributed by atoms with Crippen molar-refractivity contribution in [2.45, 2.75) is 38.8 Å². The quantitative estimate of drug-likeness (QED) is 0.728. The standard InChI is InChI=1S/C23H22N4O2/c1-15-8-10-16(11-9-15)13-29-18-5-2-4-17(12-18)22-21-19(6-3-7-20(21)28)26-23-24-14-25-27(22)23/h2,4-5,8-12,14,22H,3,6-7,13H2,1H3,(H,24,25,26). The van der Waals surface area contributed by atoms with Gasteiger partial charge in [-0.15, -0.1) is 0 Å². The van der Waals surface area contributed by atoms with Crippen molar-refractivity contribution in [1.29, 1.82) is 0 Å². The van der Waals surface area contributed by atoms with E-state index in [1.807, 2.05) is 24.3 Å². The summed E-state index contributed by atoms with van der Waals surface area (Å²) in [5.41, 5.74) is 5.09. The molecule has 0 radical (unpaired) electrons. The number of benzene rings is 2. The SMILES string of the molecule is Cc1ccc(COc2cccc(C3C4=C(CCCC4=O)Nc4ncnn43)c2)cc1. The second-order valence-corrected chi connectivity index (χ2v) is 7.57. The second-order valence-electron chi connectivity index (χ2n) is 7.57. The van der Waals surface area contributed by atoms with Crippen molar-refractivity contribution in [3.63, 3.8) is 0 Å². The highest BCUT2D eigenvalue weighted by Crippen LogP contribution is 2.40. The van der Waals surface area contributed by atoms with E-state index < -0.39 is 0 Å². The molecule has 29 heavy (non-hydrogen) atoms. The Kier molecular flexibility index (Phi) is 4.39. The minimum absolute atomic E-state index is 0.177. The molecule has 6 nitrogen and oxygen atoms in total. The molecule has 5 rings (SSSR count). The Hall–Kier alpha value is -3.41. The van der Waals surface area contributed by atoms with E-state index in [0.717, 1.165) is 41.0 Å². The van der Waals surface area contributed by atoms with Crippen LogP contribution in [0.5, 0.6) is 5.75 Å². The van der Waals surface area contributed by atoms with Crippen molar-refractivity contribution < 1.29 is 9.53 Å². The average Bonchev–Trinajstić information content (AvgIpc) is 3.20. The highest BCUT2D eigenvalue weighted by atomic mass is 16.5. The number of aromatic nitrogens is 3. The van der Waals surface area contributed by atoms with Gasteiger partial charge in [-0.1, -0.05) is 42.0 Å². The van der Waals surface area contributed by atoms with Crippen LogP contribution in [0.4, 0.5) is 5.95 Å². The molecule has 0 amide bonds. The van der Waals surface area contributed by atoms with Crippen LogP contribution >= 0.6 is 0 Å². The second kappa shape index (κ2) is 7.20. The molecule has 2 aromatic carbocycles. The Bertz CT molecular complexity index is 1100. The smallest absolute Gasteiger partial charge is 0.226 e. The zero-order chi connectivity index (χ0) is 19.8. The lowest BCUT2D eigenvalue weighted by Gasteiger charge is -2.32. The molecule has 0 saturated carbocycles. The van der Waals surface area contributed by atoms with Crippen LogP contribution in [0, 0.1) is 6.92 Å². The van der Waals surface area contributed by atoms with Crippen LogP contribution in [0.15, 0.2) is 66.1 Å². The first-order valence-electron chi connectivity index (χ1n) is 9.90. The van der Waals surface area contributed by atoms with Crippen molar-refractivity contribution in [2.24, 2.45) is 0 Å². The first-order valence-corrected chi connectivity index (χ1v) is 9.90. The van der Waals surface area contributed by atoms with Gasteiger partial charge in [-0.05, 0) is 43.0 Å². The van der Waals surface area contributed by atoms with Crippen molar-refractivity contribution in [3.8, 4) is 5.75 Å². The molecule has 1 aliphatic heterocycles. The zero-order valence-electron chi connectivity index (χ0n) is 16.3. The van der Waals surface area contributed by atoms with Gasteiger partial charge in [0.25, 0.3) is 0 Å². The first-order chi connectivity index (χ1) is 14.2. The largest absolute Gasteiger partial charge is 0.489 e. The number of allylic oxidation sites excluding steroid dienone is 2. The number of rotatable bonds is 4. The number of fused-ring (bicyclic) bond motifs is 1. The van der Waals surface area contributed by atoms with E-state index in [1.165, 1.54) is 11.9 Å². The Morgan fingerprint density at radius 2 is 2.03 bits per heavy atom. The van der Waals surface area contributed by atoms with Crippen LogP contribution in [-0.2, 0) is 11.4 Å². The molecule has 1 N–H and O–H groups in total. The van der Waals surface area contributed by atoms with E-state index in [2.05, 4.69) is 46.6 Å². The third kappa shape index (κ3) is 3.31. The summed E-state index contributed by atoms with van der Waals surface area (Å²) in [4.78, 5) is 17.1. The molecule has 1 aliphatic carbocycles. The fourth-order valence-electron chi connectivity index (χ4n) is 4.03. The van der Waals surface area contributed by atoms with Crippen LogP contribution in [0.25, 0.3) is 0 Å². The molecule has 146 valence electrons. The summed E-state index contributed by atoms with van der Waals surface area (Å²) in [5, 5.41) is 7.68. The summed E-state index contributed by atoms with van der Waals surface area (Å²) >= 11 is 0. The molecule has 0 saturated heterocycles. The Balaban J connectivity index is 1.47. The van der Waals surface area contributed by atoms with Crippen LogP contribution < -0.4 is 10.1 Å².